The molecule has 0 spiro atoms. The van der Waals surface area contributed by atoms with Crippen LogP contribution in [0.15, 0.2) is 42.5 Å². The Bertz CT molecular complexity index is 593. The van der Waals surface area contributed by atoms with Gasteiger partial charge in [0.15, 0.2) is 0 Å². The van der Waals surface area contributed by atoms with E-state index in [2.05, 4.69) is 41.7 Å². The van der Waals surface area contributed by atoms with E-state index in [0.717, 1.165) is 18.0 Å². The molecule has 0 radical (unpaired) electrons. The van der Waals surface area contributed by atoms with E-state index in [4.69, 9.17) is 0 Å². The molecule has 1 saturated carbocycles. The zero-order valence-corrected chi connectivity index (χ0v) is 10.3. The number of hydrogen-bond acceptors (Lipinski definition) is 2. The minimum atomic E-state index is -0.185. The predicted octanol–water partition coefficient (Wildman–Crippen LogP) is 3.40. The van der Waals surface area contributed by atoms with Crippen LogP contribution in [0.2, 0.25) is 0 Å². The van der Waals surface area contributed by atoms with Gasteiger partial charge in [-0.3, -0.25) is 5.32 Å². The lowest BCUT2D eigenvalue weighted by Crippen LogP contribution is -2.22. The molecular formula is C16H16N2. The first-order valence-corrected chi connectivity index (χ1v) is 6.48. The van der Waals surface area contributed by atoms with Gasteiger partial charge in [-0.15, -0.1) is 0 Å². The van der Waals surface area contributed by atoms with Crippen LogP contribution in [0.25, 0.3) is 10.8 Å². The van der Waals surface area contributed by atoms with Crippen LogP contribution in [-0.2, 0) is 0 Å². The second-order valence-electron chi connectivity index (χ2n) is 5.02. The summed E-state index contributed by atoms with van der Waals surface area (Å²) in [5, 5.41) is 15.0. The maximum atomic E-state index is 9.27. The normalized spacial score (nSPS) is 16.4. The van der Waals surface area contributed by atoms with E-state index in [9.17, 15) is 5.26 Å². The van der Waals surface area contributed by atoms with Crippen molar-refractivity contribution in [1.29, 1.82) is 5.26 Å². The number of hydrogen-bond donors (Lipinski definition) is 1. The Labute approximate surface area is 107 Å². The maximum Gasteiger partial charge on any atom is 0.121 e. The van der Waals surface area contributed by atoms with Crippen LogP contribution in [-0.4, -0.2) is 6.54 Å². The zero-order chi connectivity index (χ0) is 12.4. The lowest BCUT2D eigenvalue weighted by Gasteiger charge is -2.12. The first kappa shape index (κ1) is 11.3. The Balaban J connectivity index is 1.84. The summed E-state index contributed by atoms with van der Waals surface area (Å²) in [7, 11) is 0. The molecule has 3 rings (SSSR count). The van der Waals surface area contributed by atoms with Crippen LogP contribution in [0.5, 0.6) is 0 Å². The van der Waals surface area contributed by atoms with Crippen LogP contribution in [0.4, 0.5) is 0 Å². The molecule has 0 aliphatic heterocycles. The third kappa shape index (κ3) is 2.37. The van der Waals surface area contributed by atoms with Gasteiger partial charge in [0.2, 0.25) is 0 Å². The highest BCUT2D eigenvalue weighted by Crippen LogP contribution is 2.29. The molecule has 0 saturated heterocycles. The molecule has 2 heteroatoms. The summed E-state index contributed by atoms with van der Waals surface area (Å²) >= 11 is 0. The topological polar surface area (TPSA) is 35.8 Å². The Kier molecular flexibility index (Phi) is 3.00. The molecule has 2 aromatic carbocycles. The summed E-state index contributed by atoms with van der Waals surface area (Å²) in [6, 6.07) is 16.7. The average Bonchev–Trinajstić information content (AvgIpc) is 3.23. The summed E-state index contributed by atoms with van der Waals surface area (Å²) in [6.45, 7) is 0.963. The number of rotatable bonds is 4. The van der Waals surface area contributed by atoms with Crippen molar-refractivity contribution in [3.8, 4) is 6.07 Å². The van der Waals surface area contributed by atoms with Gasteiger partial charge >= 0.3 is 0 Å². The molecule has 0 aromatic heterocycles. The fourth-order valence-electron chi connectivity index (χ4n) is 2.23. The molecule has 2 nitrogen and oxygen atoms in total. The minimum absolute atomic E-state index is 0.185. The Hall–Kier alpha value is -1.85. The highest BCUT2D eigenvalue weighted by Gasteiger charge is 2.22. The second-order valence-corrected chi connectivity index (χ2v) is 5.02. The van der Waals surface area contributed by atoms with Crippen LogP contribution in [0, 0.1) is 17.2 Å². The monoisotopic (exact) mass is 236 g/mol. The summed E-state index contributed by atoms with van der Waals surface area (Å²) in [6.07, 6.45) is 2.62. The van der Waals surface area contributed by atoms with Gasteiger partial charge in [-0.05, 0) is 47.7 Å². The minimum Gasteiger partial charge on any atom is -0.298 e. The Morgan fingerprint density at radius 1 is 1.17 bits per heavy atom. The second kappa shape index (κ2) is 4.80. The van der Waals surface area contributed by atoms with E-state index in [1.165, 1.54) is 23.6 Å². The highest BCUT2D eigenvalue weighted by atomic mass is 14.9. The van der Waals surface area contributed by atoms with Crippen LogP contribution in [0.3, 0.4) is 0 Å². The number of fused-ring (bicyclic) bond motifs is 1. The molecule has 90 valence electrons. The third-order valence-corrected chi connectivity index (χ3v) is 3.54. The third-order valence-electron chi connectivity index (χ3n) is 3.54. The van der Waals surface area contributed by atoms with Gasteiger partial charge in [-0.1, -0.05) is 36.4 Å². The fraction of sp³-hybridized carbons (Fsp3) is 0.312. The first-order chi connectivity index (χ1) is 8.86. The molecule has 1 atom stereocenters. The predicted molar refractivity (Wildman–Crippen MR) is 73.0 cm³/mol. The van der Waals surface area contributed by atoms with E-state index >= 15 is 0 Å². The maximum absolute atomic E-state index is 9.27. The number of nitrogens with zero attached hydrogens (tertiary/aromatic N) is 1. The van der Waals surface area contributed by atoms with Crippen molar-refractivity contribution in [2.24, 2.45) is 5.92 Å². The van der Waals surface area contributed by atoms with Gasteiger partial charge < -0.3 is 0 Å². The van der Waals surface area contributed by atoms with Crippen molar-refractivity contribution in [3.05, 3.63) is 48.0 Å². The molecule has 1 aliphatic carbocycles. The lowest BCUT2D eigenvalue weighted by molar-refractivity contribution is 0.593. The summed E-state index contributed by atoms with van der Waals surface area (Å²) in [5.74, 6) is 0.793. The standard InChI is InChI=1S/C16H16N2/c17-10-16(18-11-12-5-6-12)15-8-7-13-3-1-2-4-14(13)9-15/h1-4,7-9,12,16,18H,5-6,11H2. The van der Waals surface area contributed by atoms with Gasteiger partial charge in [-0.2, -0.15) is 5.26 Å². The van der Waals surface area contributed by atoms with Gasteiger partial charge in [0, 0.05) is 0 Å². The summed E-state index contributed by atoms with van der Waals surface area (Å²) in [4.78, 5) is 0. The molecule has 2 aromatic rings. The smallest absolute Gasteiger partial charge is 0.121 e. The summed E-state index contributed by atoms with van der Waals surface area (Å²) in [5.41, 5.74) is 1.07. The molecule has 1 fully saturated rings. The zero-order valence-electron chi connectivity index (χ0n) is 10.3. The summed E-state index contributed by atoms with van der Waals surface area (Å²) < 4.78 is 0. The van der Waals surface area contributed by atoms with Gasteiger partial charge in [0.25, 0.3) is 0 Å². The van der Waals surface area contributed by atoms with Crippen LogP contribution >= 0.6 is 0 Å². The molecule has 0 amide bonds. The molecule has 1 unspecified atom stereocenters. The van der Waals surface area contributed by atoms with Crippen molar-refractivity contribution < 1.29 is 0 Å². The van der Waals surface area contributed by atoms with E-state index in [-0.39, 0.29) is 6.04 Å². The van der Waals surface area contributed by atoms with E-state index in [1.54, 1.807) is 0 Å². The molecule has 1 aliphatic rings. The van der Waals surface area contributed by atoms with E-state index in [1.807, 2.05) is 12.1 Å². The quantitative estimate of drug-likeness (QED) is 0.883. The van der Waals surface area contributed by atoms with Crippen molar-refractivity contribution in [2.45, 2.75) is 18.9 Å². The van der Waals surface area contributed by atoms with Crippen molar-refractivity contribution in [1.82, 2.24) is 5.32 Å². The molecule has 18 heavy (non-hydrogen) atoms. The van der Waals surface area contributed by atoms with Gasteiger partial charge in [0.05, 0.1) is 6.07 Å². The van der Waals surface area contributed by atoms with E-state index < -0.39 is 0 Å². The number of nitrogens with one attached hydrogen (secondary N) is 1. The van der Waals surface area contributed by atoms with Crippen LogP contribution in [0.1, 0.15) is 24.4 Å². The van der Waals surface area contributed by atoms with Gasteiger partial charge in [0.1, 0.15) is 6.04 Å². The Morgan fingerprint density at radius 2 is 1.94 bits per heavy atom. The van der Waals surface area contributed by atoms with Crippen molar-refractivity contribution >= 4 is 10.8 Å². The Morgan fingerprint density at radius 3 is 2.67 bits per heavy atom. The molecule has 0 bridgehead atoms. The number of benzene rings is 2. The first-order valence-electron chi connectivity index (χ1n) is 6.48. The van der Waals surface area contributed by atoms with Crippen LogP contribution < -0.4 is 5.32 Å². The molecular weight excluding hydrogens is 220 g/mol. The average molecular weight is 236 g/mol. The largest absolute Gasteiger partial charge is 0.298 e. The highest BCUT2D eigenvalue weighted by molar-refractivity contribution is 5.83. The van der Waals surface area contributed by atoms with E-state index in [0.29, 0.717) is 0 Å². The molecule has 0 heterocycles. The fourth-order valence-corrected chi connectivity index (χ4v) is 2.23. The SMILES string of the molecule is N#CC(NCC1CC1)c1ccc2ccccc2c1. The lowest BCUT2D eigenvalue weighted by atomic mass is 10.0. The van der Waals surface area contributed by atoms with Crippen molar-refractivity contribution in [3.63, 3.8) is 0 Å². The van der Waals surface area contributed by atoms with Gasteiger partial charge in [-0.25, -0.2) is 0 Å². The van der Waals surface area contributed by atoms with Crippen molar-refractivity contribution in [2.75, 3.05) is 6.54 Å². The molecule has 1 N–H and O–H groups in total. The number of nitriles is 1.